The highest BCUT2D eigenvalue weighted by atomic mass is 14.4. The number of hydrogen-bond donors (Lipinski definition) is 0. The summed E-state index contributed by atoms with van der Waals surface area (Å²) in [6.45, 7) is 2.28. The van der Waals surface area contributed by atoms with Crippen molar-refractivity contribution in [3.05, 3.63) is 11.1 Å². The van der Waals surface area contributed by atoms with Gasteiger partial charge < -0.3 is 0 Å². The summed E-state index contributed by atoms with van der Waals surface area (Å²) in [5.74, 6) is 1.05. The lowest BCUT2D eigenvalue weighted by atomic mass is 10.2. The molecule has 0 saturated heterocycles. The Morgan fingerprint density at radius 2 is 2.20 bits per heavy atom. The fourth-order valence-electron chi connectivity index (χ4n) is 1.75. The normalized spacial score (nSPS) is 29.1. The van der Waals surface area contributed by atoms with E-state index in [0.717, 1.165) is 5.92 Å². The predicted octanol–water partition coefficient (Wildman–Crippen LogP) is 3.29. The third-order valence-corrected chi connectivity index (χ3v) is 2.66. The largest absolute Gasteiger partial charge is 0.0701 e. The van der Waals surface area contributed by atoms with Crippen LogP contribution in [0.3, 0.4) is 0 Å². The van der Waals surface area contributed by atoms with E-state index in [9.17, 15) is 0 Å². The number of unbranched alkanes of at least 4 members (excludes halogenated alkanes) is 1. The number of rotatable bonds is 3. The van der Waals surface area contributed by atoms with Crippen LogP contribution in [0.15, 0.2) is 11.1 Å². The molecule has 10 heavy (non-hydrogen) atoms. The molecule has 1 atom stereocenters. The quantitative estimate of drug-likeness (QED) is 0.522. The summed E-state index contributed by atoms with van der Waals surface area (Å²) in [6, 6.07) is 0. The van der Waals surface area contributed by atoms with E-state index in [4.69, 9.17) is 0 Å². The maximum absolute atomic E-state index is 2.28. The van der Waals surface area contributed by atoms with Gasteiger partial charge in [0.15, 0.2) is 0 Å². The molecule has 2 fully saturated rings. The van der Waals surface area contributed by atoms with Gasteiger partial charge in [0.25, 0.3) is 0 Å². The first-order valence-electron chi connectivity index (χ1n) is 4.62. The Balaban J connectivity index is 1.74. The maximum Gasteiger partial charge on any atom is -0.0163 e. The third-order valence-electron chi connectivity index (χ3n) is 2.66. The molecule has 0 aromatic carbocycles. The van der Waals surface area contributed by atoms with Crippen LogP contribution in [0.4, 0.5) is 0 Å². The molecule has 2 aliphatic rings. The van der Waals surface area contributed by atoms with Crippen molar-refractivity contribution in [1.29, 1.82) is 0 Å². The maximum atomic E-state index is 2.28. The second-order valence-corrected chi connectivity index (χ2v) is 3.67. The number of hydrogen-bond acceptors (Lipinski definition) is 0. The van der Waals surface area contributed by atoms with Gasteiger partial charge in [-0.25, -0.2) is 0 Å². The molecule has 2 saturated carbocycles. The second kappa shape index (κ2) is 2.41. The average Bonchev–Trinajstić information content (AvgIpc) is 2.77. The van der Waals surface area contributed by atoms with Crippen LogP contribution in [-0.4, -0.2) is 0 Å². The average molecular weight is 136 g/mol. The fourth-order valence-corrected chi connectivity index (χ4v) is 1.75. The molecule has 0 heteroatoms. The van der Waals surface area contributed by atoms with Crippen molar-refractivity contribution in [3.63, 3.8) is 0 Å². The molecule has 0 radical (unpaired) electrons. The van der Waals surface area contributed by atoms with E-state index in [1.807, 2.05) is 11.1 Å². The van der Waals surface area contributed by atoms with Gasteiger partial charge in [0.2, 0.25) is 0 Å². The first-order valence-corrected chi connectivity index (χ1v) is 4.62. The SMILES string of the molecule is CCCCC1CC1=C1CC1. The highest BCUT2D eigenvalue weighted by Gasteiger charge is 2.34. The van der Waals surface area contributed by atoms with E-state index >= 15 is 0 Å². The summed E-state index contributed by atoms with van der Waals surface area (Å²) in [5.41, 5.74) is 3.68. The van der Waals surface area contributed by atoms with E-state index in [1.165, 1.54) is 38.5 Å². The molecule has 0 aromatic heterocycles. The lowest BCUT2D eigenvalue weighted by Gasteiger charge is -1.90. The molecule has 0 bridgehead atoms. The van der Waals surface area contributed by atoms with Gasteiger partial charge in [-0.05, 0) is 31.6 Å². The van der Waals surface area contributed by atoms with Crippen LogP contribution in [-0.2, 0) is 0 Å². The predicted molar refractivity (Wildman–Crippen MR) is 43.9 cm³/mol. The van der Waals surface area contributed by atoms with E-state index in [0.29, 0.717) is 0 Å². The minimum Gasteiger partial charge on any atom is -0.0701 e. The molecule has 0 heterocycles. The summed E-state index contributed by atoms with van der Waals surface area (Å²) in [4.78, 5) is 0. The van der Waals surface area contributed by atoms with Crippen LogP contribution < -0.4 is 0 Å². The van der Waals surface area contributed by atoms with Crippen molar-refractivity contribution in [2.45, 2.75) is 45.4 Å². The van der Waals surface area contributed by atoms with Crippen molar-refractivity contribution in [2.75, 3.05) is 0 Å². The minimum absolute atomic E-state index is 1.05. The van der Waals surface area contributed by atoms with E-state index in [-0.39, 0.29) is 0 Å². The van der Waals surface area contributed by atoms with Crippen molar-refractivity contribution in [1.82, 2.24) is 0 Å². The molecule has 2 aliphatic carbocycles. The summed E-state index contributed by atoms with van der Waals surface area (Å²) >= 11 is 0. The number of allylic oxidation sites excluding steroid dienone is 2. The van der Waals surface area contributed by atoms with Crippen LogP contribution in [0.5, 0.6) is 0 Å². The van der Waals surface area contributed by atoms with Gasteiger partial charge in [-0.1, -0.05) is 30.9 Å². The molecule has 56 valence electrons. The summed E-state index contributed by atoms with van der Waals surface area (Å²) < 4.78 is 0. The molecule has 0 N–H and O–H groups in total. The Bertz CT molecular complexity index is 159. The molecule has 0 aromatic rings. The second-order valence-electron chi connectivity index (χ2n) is 3.67. The fraction of sp³-hybridized carbons (Fsp3) is 0.800. The van der Waals surface area contributed by atoms with Crippen LogP contribution in [0.2, 0.25) is 0 Å². The summed E-state index contributed by atoms with van der Waals surface area (Å²) in [6.07, 6.45) is 8.65. The monoisotopic (exact) mass is 136 g/mol. The standard InChI is InChI=1S/C10H16/c1-2-3-4-9-7-10(9)8-5-6-8/h9H,2-7H2,1H3. The van der Waals surface area contributed by atoms with Gasteiger partial charge >= 0.3 is 0 Å². The van der Waals surface area contributed by atoms with Gasteiger partial charge in [0.05, 0.1) is 0 Å². The first-order chi connectivity index (χ1) is 4.92. The Morgan fingerprint density at radius 1 is 1.40 bits per heavy atom. The zero-order chi connectivity index (χ0) is 6.97. The summed E-state index contributed by atoms with van der Waals surface area (Å²) in [7, 11) is 0. The molecular formula is C10H16. The van der Waals surface area contributed by atoms with Crippen molar-refractivity contribution in [3.8, 4) is 0 Å². The Morgan fingerprint density at radius 3 is 2.80 bits per heavy atom. The molecule has 0 aliphatic heterocycles. The van der Waals surface area contributed by atoms with Gasteiger partial charge in [-0.3, -0.25) is 0 Å². The van der Waals surface area contributed by atoms with Crippen LogP contribution in [0.25, 0.3) is 0 Å². The van der Waals surface area contributed by atoms with E-state index in [1.54, 1.807) is 0 Å². The zero-order valence-corrected chi connectivity index (χ0v) is 6.82. The molecule has 1 unspecified atom stereocenters. The molecule has 0 amide bonds. The van der Waals surface area contributed by atoms with Crippen LogP contribution in [0.1, 0.15) is 45.4 Å². The van der Waals surface area contributed by atoms with Gasteiger partial charge in [-0.2, -0.15) is 0 Å². The van der Waals surface area contributed by atoms with Crippen LogP contribution in [0, 0.1) is 5.92 Å². The van der Waals surface area contributed by atoms with Gasteiger partial charge in [0.1, 0.15) is 0 Å². The van der Waals surface area contributed by atoms with Gasteiger partial charge in [-0.15, -0.1) is 0 Å². The Kier molecular flexibility index (Phi) is 1.55. The third kappa shape index (κ3) is 1.25. The molecule has 0 spiro atoms. The lowest BCUT2D eigenvalue weighted by Crippen LogP contribution is -1.74. The summed E-state index contributed by atoms with van der Waals surface area (Å²) in [5, 5.41) is 0. The smallest absolute Gasteiger partial charge is 0.0163 e. The first kappa shape index (κ1) is 6.45. The minimum atomic E-state index is 1.05. The highest BCUT2D eigenvalue weighted by Crippen LogP contribution is 2.50. The van der Waals surface area contributed by atoms with Gasteiger partial charge in [0, 0.05) is 0 Å². The highest BCUT2D eigenvalue weighted by molar-refractivity contribution is 5.36. The van der Waals surface area contributed by atoms with E-state index in [2.05, 4.69) is 6.92 Å². The Labute approximate surface area is 63.3 Å². The molecule has 2 rings (SSSR count). The lowest BCUT2D eigenvalue weighted by molar-refractivity contribution is 0.668. The van der Waals surface area contributed by atoms with Crippen molar-refractivity contribution >= 4 is 0 Å². The van der Waals surface area contributed by atoms with Crippen molar-refractivity contribution < 1.29 is 0 Å². The van der Waals surface area contributed by atoms with Crippen molar-refractivity contribution in [2.24, 2.45) is 5.92 Å². The topological polar surface area (TPSA) is 0 Å². The zero-order valence-electron chi connectivity index (χ0n) is 6.82. The van der Waals surface area contributed by atoms with Crippen LogP contribution >= 0.6 is 0 Å². The molecular weight excluding hydrogens is 120 g/mol. The molecule has 0 nitrogen and oxygen atoms in total. The Hall–Kier alpha value is -0.260. The van der Waals surface area contributed by atoms with E-state index < -0.39 is 0 Å².